The number of benzene rings is 1. The van der Waals surface area contributed by atoms with Gasteiger partial charge in [0.1, 0.15) is 0 Å². The zero-order chi connectivity index (χ0) is 16.5. The molecule has 3 amide bonds. The van der Waals surface area contributed by atoms with Crippen LogP contribution in [0.2, 0.25) is 0 Å². The van der Waals surface area contributed by atoms with Crippen LogP contribution in [0.3, 0.4) is 0 Å². The Morgan fingerprint density at radius 1 is 1.18 bits per heavy atom. The molecule has 0 bridgehead atoms. The van der Waals surface area contributed by atoms with Gasteiger partial charge < -0.3 is 20.7 Å². The van der Waals surface area contributed by atoms with Crippen LogP contribution in [0, 0.1) is 0 Å². The van der Waals surface area contributed by atoms with Gasteiger partial charge >= 0.3 is 12.0 Å². The molecule has 7 heteroatoms. The first-order valence-corrected chi connectivity index (χ1v) is 7.02. The van der Waals surface area contributed by atoms with E-state index in [9.17, 15) is 14.4 Å². The number of carbonyl (C=O) groups excluding carboxylic acids is 3. The summed E-state index contributed by atoms with van der Waals surface area (Å²) in [7, 11) is 1.26. The number of anilines is 2. The second-order valence-electron chi connectivity index (χ2n) is 4.67. The molecule has 7 nitrogen and oxygen atoms in total. The van der Waals surface area contributed by atoms with Gasteiger partial charge in [-0.15, -0.1) is 0 Å². The van der Waals surface area contributed by atoms with Crippen LogP contribution in [-0.4, -0.2) is 31.6 Å². The molecule has 0 unspecified atom stereocenters. The van der Waals surface area contributed by atoms with Gasteiger partial charge in [0.05, 0.1) is 18.4 Å². The molecule has 1 aromatic carbocycles. The fourth-order valence-electron chi connectivity index (χ4n) is 1.76. The summed E-state index contributed by atoms with van der Waals surface area (Å²) in [5.41, 5.74) is 0.957. The monoisotopic (exact) mass is 307 g/mol. The number of nitrogens with one attached hydrogen (secondary N) is 3. The van der Waals surface area contributed by atoms with E-state index in [1.54, 1.807) is 6.07 Å². The molecule has 0 spiro atoms. The van der Waals surface area contributed by atoms with Gasteiger partial charge in [0, 0.05) is 19.2 Å². The Kier molecular flexibility index (Phi) is 6.88. The summed E-state index contributed by atoms with van der Waals surface area (Å²) in [6.45, 7) is 3.94. The fraction of sp³-hybridized carbons (Fsp3) is 0.400. The molecule has 120 valence electrons. The number of hydrogen-bond acceptors (Lipinski definition) is 4. The number of esters is 1. The van der Waals surface area contributed by atoms with E-state index in [-0.39, 0.29) is 17.2 Å². The number of amides is 3. The standard InChI is InChI=1S/C15H21N3O4/c1-4-5-8-16-15(21)18-13-9-11(17-10(2)19)6-7-12(13)14(20)22-3/h6-7,9H,4-5,8H2,1-3H3,(H,17,19)(H2,16,18,21). The SMILES string of the molecule is CCCCNC(=O)Nc1cc(NC(C)=O)ccc1C(=O)OC. The minimum atomic E-state index is -0.571. The third-order valence-corrected chi connectivity index (χ3v) is 2.81. The van der Waals surface area contributed by atoms with Crippen LogP contribution in [0.4, 0.5) is 16.2 Å². The summed E-state index contributed by atoms with van der Waals surface area (Å²) in [4.78, 5) is 34.6. The Bertz CT molecular complexity index is 558. The van der Waals surface area contributed by atoms with Gasteiger partial charge in [0.15, 0.2) is 0 Å². The van der Waals surface area contributed by atoms with Gasteiger partial charge in [-0.3, -0.25) is 4.79 Å². The number of ether oxygens (including phenoxy) is 1. The van der Waals surface area contributed by atoms with Crippen molar-refractivity contribution in [1.82, 2.24) is 5.32 Å². The van der Waals surface area contributed by atoms with Crippen LogP contribution in [0.5, 0.6) is 0 Å². The van der Waals surface area contributed by atoms with Crippen LogP contribution in [0.1, 0.15) is 37.0 Å². The predicted molar refractivity (Wildman–Crippen MR) is 84.0 cm³/mol. The molecular weight excluding hydrogens is 286 g/mol. The number of unbranched alkanes of at least 4 members (excludes halogenated alkanes) is 1. The van der Waals surface area contributed by atoms with E-state index < -0.39 is 12.0 Å². The van der Waals surface area contributed by atoms with Crippen LogP contribution < -0.4 is 16.0 Å². The van der Waals surface area contributed by atoms with Crippen molar-refractivity contribution in [2.24, 2.45) is 0 Å². The van der Waals surface area contributed by atoms with Crippen molar-refractivity contribution in [1.29, 1.82) is 0 Å². The molecule has 0 aliphatic heterocycles. The van der Waals surface area contributed by atoms with Crippen molar-refractivity contribution in [3.63, 3.8) is 0 Å². The molecule has 0 saturated carbocycles. The largest absolute Gasteiger partial charge is 0.465 e. The molecule has 0 saturated heterocycles. The highest BCUT2D eigenvalue weighted by Crippen LogP contribution is 2.22. The molecule has 0 heterocycles. The average molecular weight is 307 g/mol. The maximum absolute atomic E-state index is 11.8. The minimum Gasteiger partial charge on any atom is -0.465 e. The smallest absolute Gasteiger partial charge is 0.339 e. The first-order valence-electron chi connectivity index (χ1n) is 7.02. The van der Waals surface area contributed by atoms with Crippen LogP contribution >= 0.6 is 0 Å². The lowest BCUT2D eigenvalue weighted by Crippen LogP contribution is -2.30. The van der Waals surface area contributed by atoms with Crippen molar-refractivity contribution in [3.05, 3.63) is 23.8 Å². The molecule has 0 fully saturated rings. The first-order chi connectivity index (χ1) is 10.5. The molecule has 0 aliphatic carbocycles. The van der Waals surface area contributed by atoms with Crippen LogP contribution in [0.25, 0.3) is 0 Å². The quantitative estimate of drug-likeness (QED) is 0.555. The fourth-order valence-corrected chi connectivity index (χ4v) is 1.76. The highest BCUT2D eigenvalue weighted by Gasteiger charge is 2.15. The van der Waals surface area contributed by atoms with Gasteiger partial charge in [-0.1, -0.05) is 13.3 Å². The second kappa shape index (κ2) is 8.66. The lowest BCUT2D eigenvalue weighted by atomic mass is 10.1. The molecule has 0 atom stereocenters. The first kappa shape index (κ1) is 17.5. The summed E-state index contributed by atoms with van der Waals surface area (Å²) in [6.07, 6.45) is 1.83. The summed E-state index contributed by atoms with van der Waals surface area (Å²) in [6, 6.07) is 4.14. The zero-order valence-electron chi connectivity index (χ0n) is 13.0. The third-order valence-electron chi connectivity index (χ3n) is 2.81. The Hall–Kier alpha value is -2.57. The number of hydrogen-bond donors (Lipinski definition) is 3. The molecular formula is C15H21N3O4. The van der Waals surface area contributed by atoms with Gasteiger partial charge in [-0.05, 0) is 24.6 Å². The van der Waals surface area contributed by atoms with Crippen molar-refractivity contribution in [2.45, 2.75) is 26.7 Å². The van der Waals surface area contributed by atoms with Gasteiger partial charge in [0.2, 0.25) is 5.91 Å². The van der Waals surface area contributed by atoms with E-state index in [1.165, 1.54) is 26.2 Å². The summed E-state index contributed by atoms with van der Waals surface area (Å²) in [5, 5.41) is 7.88. The van der Waals surface area contributed by atoms with E-state index in [0.717, 1.165) is 12.8 Å². The molecule has 0 aromatic heterocycles. The molecule has 1 rings (SSSR count). The molecule has 22 heavy (non-hydrogen) atoms. The van der Waals surface area contributed by atoms with E-state index in [1.807, 2.05) is 6.92 Å². The van der Waals surface area contributed by atoms with Crippen molar-refractivity contribution in [2.75, 3.05) is 24.3 Å². The van der Waals surface area contributed by atoms with E-state index in [4.69, 9.17) is 0 Å². The Balaban J connectivity index is 2.93. The molecule has 0 aliphatic rings. The number of methoxy groups -OCH3 is 1. The second-order valence-corrected chi connectivity index (χ2v) is 4.67. The minimum absolute atomic E-state index is 0.210. The van der Waals surface area contributed by atoms with Gasteiger partial charge in [-0.25, -0.2) is 9.59 Å². The Labute approximate surface area is 129 Å². The summed E-state index contributed by atoms with van der Waals surface area (Å²) >= 11 is 0. The van der Waals surface area contributed by atoms with Crippen LogP contribution in [0.15, 0.2) is 18.2 Å². The summed E-state index contributed by atoms with van der Waals surface area (Å²) < 4.78 is 4.68. The lowest BCUT2D eigenvalue weighted by molar-refractivity contribution is -0.114. The van der Waals surface area contributed by atoms with Crippen LogP contribution in [-0.2, 0) is 9.53 Å². The molecule has 1 aromatic rings. The molecule has 3 N–H and O–H groups in total. The lowest BCUT2D eigenvalue weighted by Gasteiger charge is -2.12. The Morgan fingerprint density at radius 2 is 1.91 bits per heavy atom. The number of carbonyl (C=O) groups is 3. The van der Waals surface area contributed by atoms with E-state index >= 15 is 0 Å². The number of rotatable bonds is 6. The van der Waals surface area contributed by atoms with Crippen molar-refractivity contribution < 1.29 is 19.1 Å². The highest BCUT2D eigenvalue weighted by atomic mass is 16.5. The predicted octanol–water partition coefficient (Wildman–Crippen LogP) is 2.35. The molecule has 0 radical (unpaired) electrons. The third kappa shape index (κ3) is 5.43. The average Bonchev–Trinajstić information content (AvgIpc) is 2.46. The van der Waals surface area contributed by atoms with Gasteiger partial charge in [0.25, 0.3) is 0 Å². The van der Waals surface area contributed by atoms with E-state index in [2.05, 4.69) is 20.7 Å². The Morgan fingerprint density at radius 3 is 2.50 bits per heavy atom. The van der Waals surface area contributed by atoms with E-state index in [0.29, 0.717) is 12.2 Å². The van der Waals surface area contributed by atoms with Crippen molar-refractivity contribution in [3.8, 4) is 0 Å². The number of urea groups is 1. The normalized spacial score (nSPS) is 9.77. The van der Waals surface area contributed by atoms with Gasteiger partial charge in [-0.2, -0.15) is 0 Å². The summed E-state index contributed by atoms with van der Waals surface area (Å²) in [5.74, 6) is -0.817. The maximum atomic E-state index is 11.8. The maximum Gasteiger partial charge on any atom is 0.339 e. The zero-order valence-corrected chi connectivity index (χ0v) is 13.0. The van der Waals surface area contributed by atoms with Crippen molar-refractivity contribution >= 4 is 29.3 Å². The highest BCUT2D eigenvalue weighted by molar-refractivity contribution is 6.02. The topological polar surface area (TPSA) is 96.5 Å².